The molecular weight excluding hydrogens is 248 g/mol. The molecule has 0 aliphatic heterocycles. The lowest BCUT2D eigenvalue weighted by Crippen LogP contribution is -2.26. The summed E-state index contributed by atoms with van der Waals surface area (Å²) in [7, 11) is 0. The molecule has 1 atom stereocenters. The van der Waals surface area contributed by atoms with Crippen molar-refractivity contribution in [2.75, 3.05) is 6.54 Å². The number of nitrogens with zero attached hydrogens (tertiary/aromatic N) is 1. The van der Waals surface area contributed by atoms with Crippen molar-refractivity contribution in [3.8, 4) is 0 Å². The summed E-state index contributed by atoms with van der Waals surface area (Å²) in [5.41, 5.74) is 0.439. The van der Waals surface area contributed by atoms with Crippen molar-refractivity contribution in [3.05, 3.63) is 53.1 Å². The quantitative estimate of drug-likeness (QED) is 0.872. The molecule has 0 aliphatic rings. The normalized spacial score (nSPS) is 12.6. The van der Waals surface area contributed by atoms with Crippen molar-refractivity contribution in [1.29, 1.82) is 0 Å². The Morgan fingerprint density at radius 1 is 1.37 bits per heavy atom. The van der Waals surface area contributed by atoms with Gasteiger partial charge in [-0.25, -0.2) is 13.8 Å². The standard InChI is InChI=1S/C14H17F2N3/c1-3-6-17-13(14-18-7-8-19-14)11-10(15)5-4-9(2)12(11)16/h4-5,7-8,13,17H,3,6H2,1-2H3,(H,18,19). The van der Waals surface area contributed by atoms with Gasteiger partial charge < -0.3 is 10.3 Å². The molecule has 0 bridgehead atoms. The molecule has 0 amide bonds. The lowest BCUT2D eigenvalue weighted by Gasteiger charge is -2.19. The van der Waals surface area contributed by atoms with Gasteiger partial charge in [0.05, 0.1) is 6.04 Å². The lowest BCUT2D eigenvalue weighted by atomic mass is 10.0. The second kappa shape index (κ2) is 5.93. The summed E-state index contributed by atoms with van der Waals surface area (Å²) in [6.07, 6.45) is 4.08. The van der Waals surface area contributed by atoms with Gasteiger partial charge in [-0.2, -0.15) is 0 Å². The molecule has 1 aromatic carbocycles. The number of aromatic amines is 1. The maximum absolute atomic E-state index is 14.2. The van der Waals surface area contributed by atoms with Crippen molar-refractivity contribution in [3.63, 3.8) is 0 Å². The minimum atomic E-state index is -0.602. The van der Waals surface area contributed by atoms with Crippen molar-refractivity contribution in [2.24, 2.45) is 0 Å². The molecule has 2 aromatic rings. The Balaban J connectivity index is 2.46. The van der Waals surface area contributed by atoms with Crippen LogP contribution >= 0.6 is 0 Å². The zero-order valence-electron chi connectivity index (χ0n) is 11.0. The van der Waals surface area contributed by atoms with Gasteiger partial charge >= 0.3 is 0 Å². The van der Waals surface area contributed by atoms with E-state index in [1.54, 1.807) is 19.3 Å². The first-order chi connectivity index (χ1) is 9.15. The Bertz CT molecular complexity index is 538. The van der Waals surface area contributed by atoms with Crippen molar-refractivity contribution in [2.45, 2.75) is 26.3 Å². The van der Waals surface area contributed by atoms with Gasteiger partial charge in [-0.05, 0) is 31.5 Å². The highest BCUT2D eigenvalue weighted by molar-refractivity contribution is 5.32. The Hall–Kier alpha value is -1.75. The van der Waals surface area contributed by atoms with E-state index in [4.69, 9.17) is 0 Å². The summed E-state index contributed by atoms with van der Waals surface area (Å²) in [6.45, 7) is 4.27. The maximum atomic E-state index is 14.2. The molecule has 0 fully saturated rings. The molecule has 0 saturated carbocycles. The van der Waals surface area contributed by atoms with E-state index in [1.807, 2.05) is 6.92 Å². The fraction of sp³-hybridized carbons (Fsp3) is 0.357. The van der Waals surface area contributed by atoms with E-state index < -0.39 is 17.7 Å². The molecule has 19 heavy (non-hydrogen) atoms. The molecule has 0 spiro atoms. The van der Waals surface area contributed by atoms with Crippen LogP contribution in [0.5, 0.6) is 0 Å². The van der Waals surface area contributed by atoms with Gasteiger partial charge in [-0.15, -0.1) is 0 Å². The molecule has 0 radical (unpaired) electrons. The average molecular weight is 265 g/mol. The van der Waals surface area contributed by atoms with Crippen LogP contribution in [0.25, 0.3) is 0 Å². The molecule has 3 nitrogen and oxygen atoms in total. The summed E-state index contributed by atoms with van der Waals surface area (Å²) in [6, 6.07) is 2.12. The number of hydrogen-bond donors (Lipinski definition) is 2. The van der Waals surface area contributed by atoms with Gasteiger partial charge in [-0.3, -0.25) is 0 Å². The predicted octanol–water partition coefficient (Wildman–Crippen LogP) is 3.09. The van der Waals surface area contributed by atoms with Gasteiger partial charge in [-0.1, -0.05) is 13.0 Å². The zero-order chi connectivity index (χ0) is 13.8. The molecule has 1 unspecified atom stereocenters. The summed E-state index contributed by atoms with van der Waals surface area (Å²) >= 11 is 0. The van der Waals surface area contributed by atoms with Crippen LogP contribution in [-0.4, -0.2) is 16.5 Å². The van der Waals surface area contributed by atoms with E-state index in [-0.39, 0.29) is 5.56 Å². The van der Waals surface area contributed by atoms with Crippen LogP contribution in [0.1, 0.15) is 36.3 Å². The fourth-order valence-corrected chi connectivity index (χ4v) is 2.00. The molecule has 1 heterocycles. The molecule has 0 saturated heterocycles. The zero-order valence-corrected chi connectivity index (χ0v) is 11.0. The molecule has 5 heteroatoms. The highest BCUT2D eigenvalue weighted by Gasteiger charge is 2.24. The monoisotopic (exact) mass is 265 g/mol. The fourth-order valence-electron chi connectivity index (χ4n) is 2.00. The third-order valence-electron chi connectivity index (χ3n) is 3.00. The molecule has 1 aromatic heterocycles. The predicted molar refractivity (Wildman–Crippen MR) is 69.8 cm³/mol. The molecule has 2 rings (SSSR count). The second-order valence-electron chi connectivity index (χ2n) is 4.45. The smallest absolute Gasteiger partial charge is 0.134 e. The Labute approximate surface area is 111 Å². The average Bonchev–Trinajstić information content (AvgIpc) is 2.92. The highest BCUT2D eigenvalue weighted by atomic mass is 19.1. The third kappa shape index (κ3) is 2.81. The van der Waals surface area contributed by atoms with E-state index >= 15 is 0 Å². The van der Waals surface area contributed by atoms with E-state index in [2.05, 4.69) is 15.3 Å². The largest absolute Gasteiger partial charge is 0.347 e. The number of aromatic nitrogens is 2. The number of H-pyrrole nitrogens is 1. The number of hydrogen-bond acceptors (Lipinski definition) is 2. The van der Waals surface area contributed by atoms with Gasteiger partial charge in [0.25, 0.3) is 0 Å². The summed E-state index contributed by atoms with van der Waals surface area (Å²) in [4.78, 5) is 7.02. The second-order valence-corrected chi connectivity index (χ2v) is 4.45. The number of nitrogens with one attached hydrogen (secondary N) is 2. The SMILES string of the molecule is CCCNC(c1ncc[nH]1)c1c(F)ccc(C)c1F. The lowest BCUT2D eigenvalue weighted by molar-refractivity contribution is 0.490. The van der Waals surface area contributed by atoms with Crippen LogP contribution in [0.15, 0.2) is 24.5 Å². The van der Waals surface area contributed by atoms with Crippen LogP contribution in [-0.2, 0) is 0 Å². The van der Waals surface area contributed by atoms with Crippen LogP contribution < -0.4 is 5.32 Å². The minimum Gasteiger partial charge on any atom is -0.347 e. The van der Waals surface area contributed by atoms with Crippen LogP contribution in [0.2, 0.25) is 0 Å². The van der Waals surface area contributed by atoms with E-state index in [0.717, 1.165) is 6.42 Å². The molecular formula is C14H17F2N3. The van der Waals surface area contributed by atoms with Gasteiger partial charge in [0, 0.05) is 18.0 Å². The Morgan fingerprint density at radius 2 is 2.16 bits per heavy atom. The maximum Gasteiger partial charge on any atom is 0.134 e. The third-order valence-corrected chi connectivity index (χ3v) is 3.00. The van der Waals surface area contributed by atoms with E-state index in [9.17, 15) is 8.78 Å². The number of halogens is 2. The van der Waals surface area contributed by atoms with Crippen molar-refractivity contribution >= 4 is 0 Å². The summed E-state index contributed by atoms with van der Waals surface area (Å²) in [5.74, 6) is -0.574. The first-order valence-corrected chi connectivity index (χ1v) is 6.32. The van der Waals surface area contributed by atoms with Gasteiger partial charge in [0.2, 0.25) is 0 Å². The Morgan fingerprint density at radius 3 is 2.79 bits per heavy atom. The van der Waals surface area contributed by atoms with Crippen LogP contribution in [0.4, 0.5) is 8.78 Å². The number of benzene rings is 1. The number of aryl methyl sites for hydroxylation is 1. The summed E-state index contributed by atoms with van der Waals surface area (Å²) in [5, 5.41) is 3.12. The van der Waals surface area contributed by atoms with Crippen molar-refractivity contribution in [1.82, 2.24) is 15.3 Å². The minimum absolute atomic E-state index is 0.0170. The molecule has 0 aliphatic carbocycles. The van der Waals surface area contributed by atoms with E-state index in [1.165, 1.54) is 12.1 Å². The van der Waals surface area contributed by atoms with Gasteiger partial charge in [0.1, 0.15) is 17.5 Å². The van der Waals surface area contributed by atoms with Gasteiger partial charge in [0.15, 0.2) is 0 Å². The van der Waals surface area contributed by atoms with Crippen molar-refractivity contribution < 1.29 is 8.78 Å². The summed E-state index contributed by atoms with van der Waals surface area (Å²) < 4.78 is 28.2. The first kappa shape index (κ1) is 13.7. The molecule has 2 N–H and O–H groups in total. The number of imidazole rings is 1. The molecule has 102 valence electrons. The Kier molecular flexibility index (Phi) is 4.27. The first-order valence-electron chi connectivity index (χ1n) is 6.32. The van der Waals surface area contributed by atoms with E-state index in [0.29, 0.717) is 17.9 Å². The van der Waals surface area contributed by atoms with Crippen LogP contribution in [0.3, 0.4) is 0 Å². The van der Waals surface area contributed by atoms with Crippen LogP contribution in [0, 0.1) is 18.6 Å². The highest BCUT2D eigenvalue weighted by Crippen LogP contribution is 2.26. The number of rotatable bonds is 5. The topological polar surface area (TPSA) is 40.7 Å².